The van der Waals surface area contributed by atoms with Crippen molar-refractivity contribution in [2.75, 3.05) is 0 Å². The highest BCUT2D eigenvalue weighted by Gasteiger charge is 2.19. The maximum Gasteiger partial charge on any atom is 0.211 e. The number of nitriles is 1. The number of aromatic nitrogens is 2. The van der Waals surface area contributed by atoms with E-state index in [0.717, 1.165) is 66.5 Å². The molecule has 0 fully saturated rings. The van der Waals surface area contributed by atoms with Crippen LogP contribution in [0.5, 0.6) is 0 Å². The van der Waals surface area contributed by atoms with Crippen LogP contribution in [0.4, 0.5) is 5.69 Å². The predicted molar refractivity (Wildman–Crippen MR) is 197 cm³/mol. The molecular weight excluding hydrogens is 585 g/mol. The van der Waals surface area contributed by atoms with Gasteiger partial charge in [0.1, 0.15) is 0 Å². The van der Waals surface area contributed by atoms with E-state index in [2.05, 4.69) is 141 Å². The van der Waals surface area contributed by atoms with Crippen molar-refractivity contribution in [2.24, 2.45) is 0 Å². The predicted octanol–water partition coefficient (Wildman–Crippen LogP) is 11.6. The van der Waals surface area contributed by atoms with Crippen LogP contribution in [0.3, 0.4) is 0 Å². The van der Waals surface area contributed by atoms with Crippen LogP contribution < -0.4 is 0 Å². The van der Waals surface area contributed by atoms with Gasteiger partial charge in [-0.25, -0.2) is 4.85 Å². The van der Waals surface area contributed by atoms with Gasteiger partial charge in [-0.15, -0.1) is 0 Å². The molecule has 48 heavy (non-hydrogen) atoms. The molecule has 2 heterocycles. The second kappa shape index (κ2) is 10.9. The van der Waals surface area contributed by atoms with Crippen molar-refractivity contribution >= 4 is 49.3 Å². The molecule has 0 saturated heterocycles. The minimum atomic E-state index is 0.591. The van der Waals surface area contributed by atoms with Crippen LogP contribution in [0.25, 0.3) is 82.1 Å². The SMILES string of the molecule is [C-]#[N+]c1cccc(-c2ccc(-c3cc(-n4c5ccccc5c5ccccc54)ccc3C#N)cc2)c1-n1c2ccccc2c2ccccc21. The summed E-state index contributed by atoms with van der Waals surface area (Å²) in [5.74, 6) is 0. The number of rotatable bonds is 4. The normalized spacial score (nSPS) is 11.3. The van der Waals surface area contributed by atoms with Crippen molar-refractivity contribution < 1.29 is 0 Å². The first-order valence-electron chi connectivity index (χ1n) is 15.9. The number of hydrogen-bond donors (Lipinski definition) is 0. The summed E-state index contributed by atoms with van der Waals surface area (Å²) in [6, 6.07) is 56.4. The van der Waals surface area contributed by atoms with E-state index < -0.39 is 0 Å². The molecule has 4 heteroatoms. The molecule has 9 aromatic rings. The summed E-state index contributed by atoms with van der Waals surface area (Å²) in [7, 11) is 0. The fourth-order valence-corrected chi connectivity index (χ4v) is 7.29. The molecular formula is C44H26N4. The van der Waals surface area contributed by atoms with Crippen molar-refractivity contribution in [3.8, 4) is 39.7 Å². The maximum absolute atomic E-state index is 10.2. The molecule has 0 aliphatic rings. The molecule has 0 atom stereocenters. The van der Waals surface area contributed by atoms with Gasteiger partial charge in [0.05, 0.1) is 46.0 Å². The van der Waals surface area contributed by atoms with Crippen LogP contribution in [0.15, 0.2) is 158 Å². The topological polar surface area (TPSA) is 38.0 Å². The Hall–Kier alpha value is -6.88. The molecule has 2 aromatic heterocycles. The van der Waals surface area contributed by atoms with Gasteiger partial charge in [0.15, 0.2) is 0 Å². The van der Waals surface area contributed by atoms with Crippen molar-refractivity contribution in [1.29, 1.82) is 5.26 Å². The third kappa shape index (κ3) is 4.07. The molecule has 0 unspecified atom stereocenters. The number of fused-ring (bicyclic) bond motifs is 6. The Morgan fingerprint density at radius 2 is 0.958 bits per heavy atom. The average molecular weight is 611 g/mol. The number of benzene rings is 7. The smallest absolute Gasteiger partial charge is 0.211 e. The van der Waals surface area contributed by atoms with E-state index in [-0.39, 0.29) is 0 Å². The lowest BCUT2D eigenvalue weighted by atomic mass is 9.95. The Balaban J connectivity index is 1.20. The van der Waals surface area contributed by atoms with Crippen molar-refractivity contribution in [1.82, 2.24) is 9.13 Å². The van der Waals surface area contributed by atoms with Crippen molar-refractivity contribution in [2.45, 2.75) is 0 Å². The molecule has 0 N–H and O–H groups in total. The Morgan fingerprint density at radius 1 is 0.479 bits per heavy atom. The first kappa shape index (κ1) is 27.4. The molecule has 7 aromatic carbocycles. The van der Waals surface area contributed by atoms with Gasteiger partial charge in [-0.2, -0.15) is 5.26 Å². The number of hydrogen-bond acceptors (Lipinski definition) is 1. The fraction of sp³-hybridized carbons (Fsp3) is 0. The lowest BCUT2D eigenvalue weighted by Crippen LogP contribution is -1.98. The highest BCUT2D eigenvalue weighted by molar-refractivity contribution is 6.11. The summed E-state index contributed by atoms with van der Waals surface area (Å²) in [6.45, 7) is 8.11. The molecule has 0 bridgehead atoms. The summed E-state index contributed by atoms with van der Waals surface area (Å²) in [4.78, 5) is 3.98. The van der Waals surface area contributed by atoms with E-state index in [0.29, 0.717) is 11.3 Å². The van der Waals surface area contributed by atoms with E-state index in [1.54, 1.807) is 0 Å². The standard InChI is InChI=1S/C44H26N4/c1-46-39-16-10-15-33(44(39)48-42-19-8-4-13-36(42)37-14-5-9-20-43(37)48)29-21-23-30(24-22-29)38-27-32(26-25-31(38)28-45)47-40-17-6-2-11-34(40)35-12-3-7-18-41(35)47/h2-27H. The summed E-state index contributed by atoms with van der Waals surface area (Å²) < 4.78 is 4.50. The second-order valence-corrected chi connectivity index (χ2v) is 11.9. The third-order valence-electron chi connectivity index (χ3n) is 9.41. The third-order valence-corrected chi connectivity index (χ3v) is 9.41. The zero-order valence-corrected chi connectivity index (χ0v) is 25.8. The van der Waals surface area contributed by atoms with Crippen LogP contribution >= 0.6 is 0 Å². The second-order valence-electron chi connectivity index (χ2n) is 11.9. The summed E-state index contributed by atoms with van der Waals surface area (Å²) >= 11 is 0. The van der Waals surface area contributed by atoms with Gasteiger partial charge >= 0.3 is 0 Å². The fourth-order valence-electron chi connectivity index (χ4n) is 7.29. The van der Waals surface area contributed by atoms with Gasteiger partial charge < -0.3 is 9.13 Å². The number of para-hydroxylation sites is 5. The molecule has 0 aliphatic heterocycles. The Bertz CT molecular complexity index is 2690. The van der Waals surface area contributed by atoms with Crippen LogP contribution in [0.1, 0.15) is 5.56 Å². The molecule has 4 nitrogen and oxygen atoms in total. The lowest BCUT2D eigenvalue weighted by Gasteiger charge is -2.17. The minimum absolute atomic E-state index is 0.591. The van der Waals surface area contributed by atoms with Gasteiger partial charge in [-0.05, 0) is 59.2 Å². The van der Waals surface area contributed by atoms with Gasteiger partial charge in [0.25, 0.3) is 0 Å². The van der Waals surface area contributed by atoms with E-state index in [4.69, 9.17) is 6.57 Å². The highest BCUT2D eigenvalue weighted by atomic mass is 15.0. The maximum atomic E-state index is 10.2. The highest BCUT2D eigenvalue weighted by Crippen LogP contribution is 2.41. The summed E-state index contributed by atoms with van der Waals surface area (Å²) in [5.41, 5.74) is 11.3. The van der Waals surface area contributed by atoms with Gasteiger partial charge in [-0.3, -0.25) is 0 Å². The summed E-state index contributed by atoms with van der Waals surface area (Å²) in [6.07, 6.45) is 0. The summed E-state index contributed by atoms with van der Waals surface area (Å²) in [5, 5.41) is 14.9. The van der Waals surface area contributed by atoms with E-state index in [1.807, 2.05) is 36.4 Å². The van der Waals surface area contributed by atoms with Gasteiger partial charge in [-0.1, -0.05) is 115 Å². The average Bonchev–Trinajstić information content (AvgIpc) is 3.67. The molecule has 0 radical (unpaired) electrons. The van der Waals surface area contributed by atoms with Crippen molar-refractivity contribution in [3.05, 3.63) is 175 Å². The van der Waals surface area contributed by atoms with Crippen LogP contribution in [0, 0.1) is 17.9 Å². The molecule has 0 aliphatic carbocycles. The lowest BCUT2D eigenvalue weighted by molar-refractivity contribution is 1.18. The quantitative estimate of drug-likeness (QED) is 0.183. The minimum Gasteiger partial charge on any atom is -0.318 e. The molecule has 222 valence electrons. The van der Waals surface area contributed by atoms with Crippen LogP contribution in [-0.4, -0.2) is 9.13 Å². The molecule has 0 spiro atoms. The van der Waals surface area contributed by atoms with Crippen LogP contribution in [0.2, 0.25) is 0 Å². The Labute approximate surface area is 277 Å². The van der Waals surface area contributed by atoms with Gasteiger partial charge in [0.2, 0.25) is 5.69 Å². The van der Waals surface area contributed by atoms with E-state index >= 15 is 0 Å². The van der Waals surface area contributed by atoms with Crippen molar-refractivity contribution in [3.63, 3.8) is 0 Å². The zero-order valence-electron chi connectivity index (χ0n) is 25.8. The van der Waals surface area contributed by atoms with Crippen LogP contribution in [-0.2, 0) is 0 Å². The van der Waals surface area contributed by atoms with E-state index in [9.17, 15) is 5.26 Å². The monoisotopic (exact) mass is 610 g/mol. The Kier molecular flexibility index (Phi) is 6.22. The zero-order chi connectivity index (χ0) is 32.2. The molecule has 0 saturated carbocycles. The van der Waals surface area contributed by atoms with Gasteiger partial charge in [0, 0.05) is 32.8 Å². The number of nitrogens with zero attached hydrogens (tertiary/aromatic N) is 4. The molecule has 0 amide bonds. The van der Waals surface area contributed by atoms with E-state index in [1.165, 1.54) is 10.8 Å². The largest absolute Gasteiger partial charge is 0.318 e. The molecule has 9 rings (SSSR count). The first-order valence-corrected chi connectivity index (χ1v) is 15.9. The first-order chi connectivity index (χ1) is 23.7. The Morgan fingerprint density at radius 3 is 1.46 bits per heavy atom.